The van der Waals surface area contributed by atoms with Crippen LogP contribution < -0.4 is 0 Å². The lowest BCUT2D eigenvalue weighted by Gasteiger charge is -2.12. The minimum atomic E-state index is -4.35. The SMILES string of the molecule is FC(F)(F)c1cccc(C#CCO/N=C2\CN3CCC2C3)c1. The second-order valence-electron chi connectivity index (χ2n) is 5.46. The highest BCUT2D eigenvalue weighted by Gasteiger charge is 2.35. The molecule has 0 N–H and O–H groups in total. The van der Waals surface area contributed by atoms with Gasteiger partial charge in [0.15, 0.2) is 6.61 Å². The van der Waals surface area contributed by atoms with Crippen molar-refractivity contribution in [1.82, 2.24) is 4.90 Å². The number of piperidine rings is 1. The third kappa shape index (κ3) is 3.42. The maximum Gasteiger partial charge on any atom is 0.416 e. The molecule has 0 aliphatic carbocycles. The van der Waals surface area contributed by atoms with Crippen LogP contribution in [0.25, 0.3) is 0 Å². The average Bonchev–Trinajstić information content (AvgIpc) is 3.09. The number of hydrogen-bond donors (Lipinski definition) is 0. The average molecular weight is 308 g/mol. The van der Waals surface area contributed by atoms with E-state index in [1.807, 2.05) is 0 Å². The minimum absolute atomic E-state index is 0.0759. The van der Waals surface area contributed by atoms with E-state index in [1.54, 1.807) is 0 Å². The van der Waals surface area contributed by atoms with Crippen LogP contribution in [0.4, 0.5) is 13.2 Å². The highest BCUT2D eigenvalue weighted by atomic mass is 19.4. The summed E-state index contributed by atoms with van der Waals surface area (Å²) in [6.45, 7) is 3.11. The lowest BCUT2D eigenvalue weighted by Crippen LogP contribution is -2.23. The molecule has 0 amide bonds. The van der Waals surface area contributed by atoms with Gasteiger partial charge in [-0.15, -0.1) is 0 Å². The quantitative estimate of drug-likeness (QED) is 0.477. The molecule has 2 unspecified atom stereocenters. The summed E-state index contributed by atoms with van der Waals surface area (Å²) < 4.78 is 37.7. The summed E-state index contributed by atoms with van der Waals surface area (Å²) in [4.78, 5) is 7.48. The molecule has 0 spiro atoms. The van der Waals surface area contributed by atoms with Crippen molar-refractivity contribution in [3.8, 4) is 11.8 Å². The number of hydrogen-bond acceptors (Lipinski definition) is 3. The monoisotopic (exact) mass is 308 g/mol. The normalized spacial score (nSPS) is 25.1. The molecule has 2 aliphatic heterocycles. The molecule has 22 heavy (non-hydrogen) atoms. The second kappa shape index (κ2) is 6.01. The van der Waals surface area contributed by atoms with Gasteiger partial charge in [-0.25, -0.2) is 0 Å². The topological polar surface area (TPSA) is 24.8 Å². The van der Waals surface area contributed by atoms with Crippen LogP contribution in [0.3, 0.4) is 0 Å². The zero-order valence-corrected chi connectivity index (χ0v) is 11.9. The van der Waals surface area contributed by atoms with Crippen LogP contribution in [-0.2, 0) is 11.0 Å². The summed E-state index contributed by atoms with van der Waals surface area (Å²) in [5.74, 6) is 5.85. The van der Waals surface area contributed by atoms with Gasteiger partial charge in [-0.3, -0.25) is 4.90 Å². The molecule has 1 aromatic rings. The molecule has 2 saturated heterocycles. The number of halogens is 3. The van der Waals surface area contributed by atoms with Crippen molar-refractivity contribution in [3.63, 3.8) is 0 Å². The van der Waals surface area contributed by atoms with Gasteiger partial charge >= 0.3 is 6.18 Å². The maximum atomic E-state index is 12.6. The number of benzene rings is 1. The van der Waals surface area contributed by atoms with Crippen LogP contribution in [0, 0.1) is 17.8 Å². The Bertz CT molecular complexity index is 643. The van der Waals surface area contributed by atoms with Crippen molar-refractivity contribution in [2.45, 2.75) is 12.6 Å². The van der Waals surface area contributed by atoms with Crippen molar-refractivity contribution in [2.24, 2.45) is 11.1 Å². The van der Waals surface area contributed by atoms with E-state index in [1.165, 1.54) is 12.1 Å². The summed E-state index contributed by atoms with van der Waals surface area (Å²) in [6.07, 6.45) is -3.23. The van der Waals surface area contributed by atoms with Crippen molar-refractivity contribution < 1.29 is 18.0 Å². The van der Waals surface area contributed by atoms with E-state index in [9.17, 15) is 13.2 Å². The van der Waals surface area contributed by atoms with Gasteiger partial charge in [0.05, 0.1) is 11.3 Å². The van der Waals surface area contributed by atoms with Crippen molar-refractivity contribution >= 4 is 5.71 Å². The number of oxime groups is 1. The molecule has 3 rings (SSSR count). The predicted molar refractivity (Wildman–Crippen MR) is 76.3 cm³/mol. The first-order chi connectivity index (χ1) is 10.5. The molecule has 6 heteroatoms. The van der Waals surface area contributed by atoms with Gasteiger partial charge in [0.25, 0.3) is 0 Å². The first-order valence-corrected chi connectivity index (χ1v) is 7.09. The van der Waals surface area contributed by atoms with Gasteiger partial charge in [-0.05, 0) is 31.2 Å². The van der Waals surface area contributed by atoms with E-state index in [0.29, 0.717) is 11.5 Å². The second-order valence-corrected chi connectivity index (χ2v) is 5.46. The molecule has 2 fully saturated rings. The highest BCUT2D eigenvalue weighted by Crippen LogP contribution is 2.29. The smallest absolute Gasteiger partial charge is 0.383 e. The van der Waals surface area contributed by atoms with Crippen LogP contribution in [-0.4, -0.2) is 36.9 Å². The molecular weight excluding hydrogens is 293 g/mol. The Labute approximate surface area is 126 Å². The summed E-state index contributed by atoms with van der Waals surface area (Å²) in [6, 6.07) is 4.94. The van der Waals surface area contributed by atoms with E-state index in [4.69, 9.17) is 4.84 Å². The standard InChI is InChI=1S/C16H15F3N2O/c17-16(18,19)14-5-1-3-12(9-14)4-2-8-22-20-15-11-21-7-6-13(15)10-21/h1,3,5,9,13H,6-8,10-11H2/b20-15+. The van der Waals surface area contributed by atoms with E-state index in [2.05, 4.69) is 21.9 Å². The van der Waals surface area contributed by atoms with Crippen LogP contribution in [0.5, 0.6) is 0 Å². The molecule has 0 saturated carbocycles. The summed E-state index contributed by atoms with van der Waals surface area (Å²) in [5, 5.41) is 4.09. The Kier molecular flexibility index (Phi) is 4.08. The molecule has 2 bridgehead atoms. The van der Waals surface area contributed by atoms with Gasteiger partial charge in [0, 0.05) is 24.6 Å². The molecule has 0 radical (unpaired) electrons. The molecule has 2 heterocycles. The molecular formula is C16H15F3N2O. The third-order valence-corrected chi connectivity index (χ3v) is 3.87. The fourth-order valence-electron chi connectivity index (χ4n) is 2.77. The number of fused-ring (bicyclic) bond motifs is 2. The van der Waals surface area contributed by atoms with Crippen molar-refractivity contribution in [2.75, 3.05) is 26.2 Å². The number of rotatable bonds is 2. The number of alkyl halides is 3. The Morgan fingerprint density at radius 3 is 2.91 bits per heavy atom. The van der Waals surface area contributed by atoms with Gasteiger partial charge in [0.1, 0.15) is 0 Å². The van der Waals surface area contributed by atoms with Crippen LogP contribution in [0.15, 0.2) is 29.4 Å². The van der Waals surface area contributed by atoms with Crippen LogP contribution >= 0.6 is 0 Å². The predicted octanol–water partition coefficient (Wildman–Crippen LogP) is 2.77. The Balaban J connectivity index is 1.54. The van der Waals surface area contributed by atoms with E-state index < -0.39 is 11.7 Å². The van der Waals surface area contributed by atoms with Gasteiger partial charge < -0.3 is 4.84 Å². The maximum absolute atomic E-state index is 12.6. The Hall–Kier alpha value is -2.00. The highest BCUT2D eigenvalue weighted by molar-refractivity contribution is 5.91. The summed E-state index contributed by atoms with van der Waals surface area (Å²) in [7, 11) is 0. The summed E-state index contributed by atoms with van der Waals surface area (Å²) >= 11 is 0. The Morgan fingerprint density at radius 2 is 2.23 bits per heavy atom. The third-order valence-electron chi connectivity index (χ3n) is 3.87. The number of nitrogens with zero attached hydrogens (tertiary/aromatic N) is 2. The van der Waals surface area contributed by atoms with E-state index in [-0.39, 0.29) is 6.61 Å². The fraction of sp³-hybridized carbons (Fsp3) is 0.438. The molecule has 3 nitrogen and oxygen atoms in total. The van der Waals surface area contributed by atoms with E-state index in [0.717, 1.165) is 43.9 Å². The molecule has 1 aromatic carbocycles. The first kappa shape index (κ1) is 14.9. The molecule has 116 valence electrons. The molecule has 2 atom stereocenters. The minimum Gasteiger partial charge on any atom is -0.383 e. The van der Waals surface area contributed by atoms with Crippen LogP contribution in [0.1, 0.15) is 17.5 Å². The first-order valence-electron chi connectivity index (χ1n) is 7.09. The lowest BCUT2D eigenvalue weighted by atomic mass is 10.0. The van der Waals surface area contributed by atoms with Crippen molar-refractivity contribution in [1.29, 1.82) is 0 Å². The lowest BCUT2D eigenvalue weighted by molar-refractivity contribution is -0.137. The summed E-state index contributed by atoms with van der Waals surface area (Å²) in [5.41, 5.74) is 0.667. The van der Waals surface area contributed by atoms with Crippen molar-refractivity contribution in [3.05, 3.63) is 35.4 Å². The van der Waals surface area contributed by atoms with Gasteiger partial charge in [0.2, 0.25) is 0 Å². The Morgan fingerprint density at radius 1 is 1.36 bits per heavy atom. The zero-order valence-electron chi connectivity index (χ0n) is 11.9. The molecule has 2 aliphatic rings. The van der Waals surface area contributed by atoms with Gasteiger partial charge in [-0.1, -0.05) is 23.1 Å². The zero-order chi connectivity index (χ0) is 15.6. The van der Waals surface area contributed by atoms with E-state index >= 15 is 0 Å². The van der Waals surface area contributed by atoms with Crippen LogP contribution in [0.2, 0.25) is 0 Å². The molecule has 0 aromatic heterocycles. The largest absolute Gasteiger partial charge is 0.416 e. The fourth-order valence-corrected chi connectivity index (χ4v) is 2.77. The van der Waals surface area contributed by atoms with Gasteiger partial charge in [-0.2, -0.15) is 13.2 Å².